The molecule has 2 nitrogen and oxygen atoms in total. The minimum Gasteiger partial charge on any atom is -0.388 e. The summed E-state index contributed by atoms with van der Waals surface area (Å²) in [6, 6.07) is 0. The number of carbonyl (C=O) groups excluding carboxylic acids is 1. The van der Waals surface area contributed by atoms with Crippen LogP contribution in [0.5, 0.6) is 0 Å². The molecule has 0 aromatic heterocycles. The fourth-order valence-electron chi connectivity index (χ4n) is 1.26. The Kier molecular flexibility index (Phi) is 3.52. The molecule has 13 heavy (non-hydrogen) atoms. The van der Waals surface area contributed by atoms with Gasteiger partial charge in [-0.2, -0.15) is 0 Å². The maximum absolute atomic E-state index is 10.9. The SMILES string of the molecule is CC(C)C(C)CNC1=CC(=O)CC1. The van der Waals surface area contributed by atoms with Crippen LogP contribution in [-0.2, 0) is 4.79 Å². The molecule has 0 aliphatic heterocycles. The summed E-state index contributed by atoms with van der Waals surface area (Å²) in [5, 5.41) is 3.33. The van der Waals surface area contributed by atoms with E-state index in [1.165, 1.54) is 0 Å². The van der Waals surface area contributed by atoms with E-state index in [0.29, 0.717) is 18.3 Å². The smallest absolute Gasteiger partial charge is 0.157 e. The van der Waals surface area contributed by atoms with E-state index in [0.717, 1.165) is 18.7 Å². The van der Waals surface area contributed by atoms with Crippen LogP contribution >= 0.6 is 0 Å². The summed E-state index contributed by atoms with van der Waals surface area (Å²) >= 11 is 0. The fraction of sp³-hybridized carbons (Fsp3) is 0.727. The Morgan fingerprint density at radius 2 is 2.08 bits per heavy atom. The molecule has 1 unspecified atom stereocenters. The van der Waals surface area contributed by atoms with Crippen LogP contribution in [-0.4, -0.2) is 12.3 Å². The Labute approximate surface area is 80.4 Å². The number of rotatable bonds is 4. The standard InChI is InChI=1S/C11H19NO/c1-8(2)9(3)7-12-10-4-5-11(13)6-10/h6,8-9,12H,4-5,7H2,1-3H3. The lowest BCUT2D eigenvalue weighted by molar-refractivity contribution is -0.114. The van der Waals surface area contributed by atoms with E-state index in [1.54, 1.807) is 6.08 Å². The van der Waals surface area contributed by atoms with Crippen LogP contribution in [0.2, 0.25) is 0 Å². The molecule has 1 aliphatic rings. The topological polar surface area (TPSA) is 29.1 Å². The molecule has 0 aromatic carbocycles. The second-order valence-electron chi connectivity index (χ2n) is 4.24. The van der Waals surface area contributed by atoms with Gasteiger partial charge < -0.3 is 5.32 Å². The normalized spacial score (nSPS) is 19.1. The van der Waals surface area contributed by atoms with Gasteiger partial charge in [0.15, 0.2) is 5.78 Å². The van der Waals surface area contributed by atoms with Crippen molar-refractivity contribution in [1.82, 2.24) is 5.32 Å². The third kappa shape index (κ3) is 3.21. The summed E-state index contributed by atoms with van der Waals surface area (Å²) in [5.41, 5.74) is 1.12. The molecule has 2 heteroatoms. The van der Waals surface area contributed by atoms with Crippen molar-refractivity contribution in [3.63, 3.8) is 0 Å². The second kappa shape index (κ2) is 4.45. The molecular weight excluding hydrogens is 162 g/mol. The van der Waals surface area contributed by atoms with Crippen molar-refractivity contribution in [3.05, 3.63) is 11.8 Å². The van der Waals surface area contributed by atoms with Gasteiger partial charge in [-0.05, 0) is 18.3 Å². The van der Waals surface area contributed by atoms with Crippen molar-refractivity contribution in [2.75, 3.05) is 6.54 Å². The quantitative estimate of drug-likeness (QED) is 0.719. The molecule has 1 aliphatic carbocycles. The molecule has 0 fully saturated rings. The van der Waals surface area contributed by atoms with Gasteiger partial charge in [0.05, 0.1) is 0 Å². The number of hydrogen-bond acceptors (Lipinski definition) is 2. The maximum atomic E-state index is 10.9. The molecule has 0 aromatic rings. The van der Waals surface area contributed by atoms with Crippen LogP contribution in [0.15, 0.2) is 11.8 Å². The van der Waals surface area contributed by atoms with Crippen molar-refractivity contribution >= 4 is 5.78 Å². The summed E-state index contributed by atoms with van der Waals surface area (Å²) < 4.78 is 0. The number of nitrogens with one attached hydrogen (secondary N) is 1. The molecule has 0 saturated carbocycles. The number of allylic oxidation sites excluding steroid dienone is 2. The van der Waals surface area contributed by atoms with E-state index in [1.807, 2.05) is 0 Å². The third-order valence-electron chi connectivity index (χ3n) is 2.77. The molecule has 0 saturated heterocycles. The highest BCUT2D eigenvalue weighted by atomic mass is 16.1. The minimum atomic E-state index is 0.264. The molecule has 1 rings (SSSR count). The largest absolute Gasteiger partial charge is 0.388 e. The zero-order valence-electron chi connectivity index (χ0n) is 8.76. The summed E-state index contributed by atoms with van der Waals surface area (Å²) in [4.78, 5) is 10.9. The Morgan fingerprint density at radius 1 is 1.38 bits per heavy atom. The van der Waals surface area contributed by atoms with Crippen molar-refractivity contribution in [1.29, 1.82) is 0 Å². The maximum Gasteiger partial charge on any atom is 0.157 e. The third-order valence-corrected chi connectivity index (χ3v) is 2.77. The van der Waals surface area contributed by atoms with Crippen molar-refractivity contribution in [3.8, 4) is 0 Å². The summed E-state index contributed by atoms with van der Waals surface area (Å²) in [6.07, 6.45) is 3.34. The predicted octanol–water partition coefficient (Wildman–Crippen LogP) is 2.11. The van der Waals surface area contributed by atoms with Gasteiger partial charge in [0.25, 0.3) is 0 Å². The van der Waals surface area contributed by atoms with Gasteiger partial charge in [0.1, 0.15) is 0 Å². The summed E-state index contributed by atoms with van der Waals surface area (Å²) in [5.74, 6) is 1.63. The van der Waals surface area contributed by atoms with Gasteiger partial charge in [0, 0.05) is 24.7 Å². The average Bonchev–Trinajstić information content (AvgIpc) is 2.47. The van der Waals surface area contributed by atoms with Crippen LogP contribution in [0.4, 0.5) is 0 Å². The lowest BCUT2D eigenvalue weighted by atomic mass is 9.98. The Morgan fingerprint density at radius 3 is 2.54 bits per heavy atom. The first-order valence-electron chi connectivity index (χ1n) is 5.07. The lowest BCUT2D eigenvalue weighted by Crippen LogP contribution is -2.23. The first-order valence-corrected chi connectivity index (χ1v) is 5.07. The Hall–Kier alpha value is -0.790. The first-order chi connectivity index (χ1) is 6.09. The van der Waals surface area contributed by atoms with Gasteiger partial charge in [0.2, 0.25) is 0 Å². The van der Waals surface area contributed by atoms with E-state index in [-0.39, 0.29) is 5.78 Å². The van der Waals surface area contributed by atoms with E-state index < -0.39 is 0 Å². The van der Waals surface area contributed by atoms with Crippen LogP contribution in [0.3, 0.4) is 0 Å². The first kappa shape index (κ1) is 10.3. The van der Waals surface area contributed by atoms with Gasteiger partial charge in [-0.25, -0.2) is 0 Å². The van der Waals surface area contributed by atoms with Gasteiger partial charge in [-0.15, -0.1) is 0 Å². The molecule has 74 valence electrons. The van der Waals surface area contributed by atoms with Crippen LogP contribution in [0, 0.1) is 11.8 Å². The highest BCUT2D eigenvalue weighted by Gasteiger charge is 2.13. The van der Waals surface area contributed by atoms with Gasteiger partial charge >= 0.3 is 0 Å². The van der Waals surface area contributed by atoms with Crippen LogP contribution in [0.1, 0.15) is 33.6 Å². The van der Waals surface area contributed by atoms with E-state index in [9.17, 15) is 4.79 Å². The zero-order valence-corrected chi connectivity index (χ0v) is 8.76. The van der Waals surface area contributed by atoms with E-state index >= 15 is 0 Å². The second-order valence-corrected chi connectivity index (χ2v) is 4.24. The van der Waals surface area contributed by atoms with E-state index in [4.69, 9.17) is 0 Å². The molecule has 0 radical (unpaired) electrons. The Balaban J connectivity index is 2.27. The zero-order chi connectivity index (χ0) is 9.84. The lowest BCUT2D eigenvalue weighted by Gasteiger charge is -2.17. The summed E-state index contributed by atoms with van der Waals surface area (Å²) in [6.45, 7) is 7.66. The minimum absolute atomic E-state index is 0.264. The van der Waals surface area contributed by atoms with Gasteiger partial charge in [-0.1, -0.05) is 20.8 Å². The fourth-order valence-corrected chi connectivity index (χ4v) is 1.26. The molecule has 0 bridgehead atoms. The van der Waals surface area contributed by atoms with Crippen LogP contribution in [0.25, 0.3) is 0 Å². The van der Waals surface area contributed by atoms with Crippen molar-refractivity contribution in [2.45, 2.75) is 33.6 Å². The van der Waals surface area contributed by atoms with E-state index in [2.05, 4.69) is 26.1 Å². The predicted molar refractivity (Wildman–Crippen MR) is 54.3 cm³/mol. The summed E-state index contributed by atoms with van der Waals surface area (Å²) in [7, 11) is 0. The van der Waals surface area contributed by atoms with Crippen molar-refractivity contribution < 1.29 is 4.79 Å². The molecule has 0 amide bonds. The monoisotopic (exact) mass is 181 g/mol. The Bertz CT molecular complexity index is 218. The van der Waals surface area contributed by atoms with Gasteiger partial charge in [-0.3, -0.25) is 4.79 Å². The molecule has 0 heterocycles. The molecule has 1 N–H and O–H groups in total. The van der Waals surface area contributed by atoms with Crippen LogP contribution < -0.4 is 5.32 Å². The van der Waals surface area contributed by atoms with Crippen molar-refractivity contribution in [2.24, 2.45) is 11.8 Å². The number of carbonyl (C=O) groups is 1. The molecule has 1 atom stereocenters. The highest BCUT2D eigenvalue weighted by Crippen LogP contribution is 2.14. The molecular formula is C11H19NO. The number of ketones is 1. The number of hydrogen-bond donors (Lipinski definition) is 1. The molecule has 0 spiro atoms. The highest BCUT2D eigenvalue weighted by molar-refractivity contribution is 5.92. The average molecular weight is 181 g/mol.